The minimum Gasteiger partial charge on any atom is -0.494 e. The summed E-state index contributed by atoms with van der Waals surface area (Å²) in [6, 6.07) is 13.6. The summed E-state index contributed by atoms with van der Waals surface area (Å²) in [7, 11) is 1.63. The van der Waals surface area contributed by atoms with Crippen molar-refractivity contribution in [3.05, 3.63) is 58.5 Å². The van der Waals surface area contributed by atoms with Crippen LogP contribution in [0.3, 0.4) is 0 Å². The molecule has 0 unspecified atom stereocenters. The largest absolute Gasteiger partial charge is 0.494 e. The number of nitrogens with zero attached hydrogens (tertiary/aromatic N) is 5. The summed E-state index contributed by atoms with van der Waals surface area (Å²) in [5.41, 5.74) is 3.60. The van der Waals surface area contributed by atoms with E-state index in [1.165, 1.54) is 0 Å². The van der Waals surface area contributed by atoms with Crippen LogP contribution < -0.4 is 10.4 Å². The minimum atomic E-state index is -0.0828. The number of rotatable bonds is 7. The summed E-state index contributed by atoms with van der Waals surface area (Å²) < 4.78 is 8.90. The van der Waals surface area contributed by atoms with Crippen molar-refractivity contribution >= 4 is 22.8 Å². The van der Waals surface area contributed by atoms with Gasteiger partial charge in [-0.25, -0.2) is 4.79 Å². The number of aromatic amines is 1. The molecule has 0 aliphatic carbocycles. The molecule has 0 aliphatic rings. The number of tetrazole rings is 1. The fourth-order valence-electron chi connectivity index (χ4n) is 3.10. The first-order chi connectivity index (χ1) is 13.7. The number of thioether (sulfide) groups is 1. The molecule has 2 aromatic heterocycles. The van der Waals surface area contributed by atoms with Crippen molar-refractivity contribution in [3.8, 4) is 11.4 Å². The molecule has 0 fully saturated rings. The number of imidazole rings is 1. The van der Waals surface area contributed by atoms with E-state index in [-0.39, 0.29) is 5.69 Å². The molecule has 0 radical (unpaired) electrons. The van der Waals surface area contributed by atoms with Crippen LogP contribution in [-0.4, -0.2) is 42.6 Å². The molecular weight excluding hydrogens is 376 g/mol. The summed E-state index contributed by atoms with van der Waals surface area (Å²) in [5.74, 6) is 1.49. The van der Waals surface area contributed by atoms with Crippen molar-refractivity contribution in [1.29, 1.82) is 0 Å². The first-order valence-electron chi connectivity index (χ1n) is 8.91. The number of H-pyrrole nitrogens is 1. The molecule has 9 heteroatoms. The molecule has 8 nitrogen and oxygen atoms in total. The molecule has 0 amide bonds. The molecule has 0 bridgehead atoms. The Labute approximate surface area is 165 Å². The van der Waals surface area contributed by atoms with Gasteiger partial charge >= 0.3 is 5.69 Å². The van der Waals surface area contributed by atoms with Gasteiger partial charge in [-0.15, -0.1) is 5.10 Å². The Balaban J connectivity index is 1.46. The summed E-state index contributed by atoms with van der Waals surface area (Å²) in [6.07, 6.45) is 0.810. The van der Waals surface area contributed by atoms with Crippen LogP contribution in [0.4, 0.5) is 0 Å². The highest BCUT2D eigenvalue weighted by Gasteiger charge is 2.14. The predicted octanol–water partition coefficient (Wildman–Crippen LogP) is 2.80. The fourth-order valence-corrected chi connectivity index (χ4v) is 3.91. The van der Waals surface area contributed by atoms with Gasteiger partial charge in [0.1, 0.15) is 11.4 Å². The highest BCUT2D eigenvalue weighted by Crippen LogP contribution is 2.27. The van der Waals surface area contributed by atoms with Crippen LogP contribution in [0.25, 0.3) is 16.7 Å². The fraction of sp³-hybridized carbons (Fsp3) is 0.263. The Morgan fingerprint density at radius 3 is 2.93 bits per heavy atom. The maximum Gasteiger partial charge on any atom is 0.326 e. The van der Waals surface area contributed by atoms with Gasteiger partial charge in [-0.1, -0.05) is 30.0 Å². The molecule has 2 heterocycles. The number of nitrogens with one attached hydrogen (secondary N) is 1. The van der Waals surface area contributed by atoms with Crippen LogP contribution in [0, 0.1) is 6.92 Å². The molecular formula is C19H20N6O2S. The zero-order valence-corrected chi connectivity index (χ0v) is 16.4. The van der Waals surface area contributed by atoms with Gasteiger partial charge in [-0.2, -0.15) is 4.68 Å². The zero-order valence-electron chi connectivity index (χ0n) is 15.6. The topological polar surface area (TPSA) is 90.6 Å². The first kappa shape index (κ1) is 18.3. The second-order valence-corrected chi connectivity index (χ2v) is 7.41. The van der Waals surface area contributed by atoms with Crippen molar-refractivity contribution in [3.63, 3.8) is 0 Å². The number of hydrogen-bond donors (Lipinski definition) is 1. The van der Waals surface area contributed by atoms with Crippen molar-refractivity contribution in [2.45, 2.75) is 25.0 Å². The third-order valence-electron chi connectivity index (χ3n) is 4.44. The molecule has 0 atom stereocenters. The third-order valence-corrected chi connectivity index (χ3v) is 5.45. The molecule has 0 saturated carbocycles. The highest BCUT2D eigenvalue weighted by molar-refractivity contribution is 7.99. The Morgan fingerprint density at radius 2 is 2.07 bits per heavy atom. The van der Waals surface area contributed by atoms with E-state index in [0.717, 1.165) is 34.5 Å². The Bertz CT molecular complexity index is 1160. The number of methoxy groups -OCH3 is 1. The van der Waals surface area contributed by atoms with Crippen molar-refractivity contribution in [2.24, 2.45) is 0 Å². The van der Waals surface area contributed by atoms with Crippen LogP contribution in [0.5, 0.6) is 5.75 Å². The van der Waals surface area contributed by atoms with E-state index in [1.807, 2.05) is 49.4 Å². The SMILES string of the molecule is COc1ccc(C)cc1-n1nnnc1SCCCn1c(=O)[nH]c2ccccc21. The van der Waals surface area contributed by atoms with E-state index in [0.29, 0.717) is 17.5 Å². The lowest BCUT2D eigenvalue weighted by Gasteiger charge is -2.10. The number of aryl methyl sites for hydroxylation is 2. The summed E-state index contributed by atoms with van der Waals surface area (Å²) in [4.78, 5) is 15.0. The van der Waals surface area contributed by atoms with Crippen molar-refractivity contribution < 1.29 is 4.74 Å². The molecule has 0 aliphatic heterocycles. The minimum absolute atomic E-state index is 0.0828. The third kappa shape index (κ3) is 3.53. The van der Waals surface area contributed by atoms with Gasteiger partial charge in [0.15, 0.2) is 0 Å². The van der Waals surface area contributed by atoms with Crippen LogP contribution in [-0.2, 0) is 6.54 Å². The number of fused-ring (bicyclic) bond motifs is 1. The lowest BCUT2D eigenvalue weighted by atomic mass is 10.2. The zero-order chi connectivity index (χ0) is 19.5. The van der Waals surface area contributed by atoms with Gasteiger partial charge in [0.2, 0.25) is 5.16 Å². The maximum atomic E-state index is 12.2. The Morgan fingerprint density at radius 1 is 1.21 bits per heavy atom. The lowest BCUT2D eigenvalue weighted by molar-refractivity contribution is 0.410. The van der Waals surface area contributed by atoms with Gasteiger partial charge in [-0.05, 0) is 53.6 Å². The molecule has 0 saturated heterocycles. The molecule has 28 heavy (non-hydrogen) atoms. The highest BCUT2D eigenvalue weighted by atomic mass is 32.2. The number of benzene rings is 2. The van der Waals surface area contributed by atoms with Crippen molar-refractivity contribution in [2.75, 3.05) is 12.9 Å². The molecule has 4 rings (SSSR count). The standard InChI is InChI=1S/C19H20N6O2S/c1-13-8-9-17(27-2)16(12-13)25-19(21-22-23-25)28-11-5-10-24-15-7-4-3-6-14(15)20-18(24)26/h3-4,6-9,12H,5,10-11H2,1-2H3,(H,20,26). The molecule has 1 N–H and O–H groups in total. The quantitative estimate of drug-likeness (QED) is 0.382. The second-order valence-electron chi connectivity index (χ2n) is 6.35. The van der Waals surface area contributed by atoms with E-state index in [4.69, 9.17) is 4.74 Å². The van der Waals surface area contributed by atoms with Gasteiger partial charge in [0, 0.05) is 12.3 Å². The normalized spacial score (nSPS) is 11.2. The van der Waals surface area contributed by atoms with E-state index in [2.05, 4.69) is 20.5 Å². The van der Waals surface area contributed by atoms with Gasteiger partial charge < -0.3 is 9.72 Å². The van der Waals surface area contributed by atoms with E-state index < -0.39 is 0 Å². The smallest absolute Gasteiger partial charge is 0.326 e. The number of aromatic nitrogens is 6. The predicted molar refractivity (Wildman–Crippen MR) is 108 cm³/mol. The first-order valence-corrected chi connectivity index (χ1v) is 9.89. The van der Waals surface area contributed by atoms with Crippen LogP contribution >= 0.6 is 11.8 Å². The Kier molecular flexibility index (Phi) is 5.16. The van der Waals surface area contributed by atoms with Gasteiger partial charge in [0.25, 0.3) is 0 Å². The average Bonchev–Trinajstić information content (AvgIpc) is 3.29. The summed E-state index contributed by atoms with van der Waals surface area (Å²) >= 11 is 1.55. The molecule has 2 aromatic carbocycles. The van der Waals surface area contributed by atoms with Crippen LogP contribution in [0.15, 0.2) is 52.4 Å². The second kappa shape index (κ2) is 7.89. The van der Waals surface area contributed by atoms with E-state index in [9.17, 15) is 4.79 Å². The summed E-state index contributed by atoms with van der Waals surface area (Å²) in [6.45, 7) is 2.64. The summed E-state index contributed by atoms with van der Waals surface area (Å²) in [5, 5.41) is 12.8. The van der Waals surface area contributed by atoms with Crippen LogP contribution in [0.2, 0.25) is 0 Å². The van der Waals surface area contributed by atoms with E-state index >= 15 is 0 Å². The van der Waals surface area contributed by atoms with Gasteiger partial charge in [0.05, 0.1) is 18.1 Å². The molecule has 4 aromatic rings. The van der Waals surface area contributed by atoms with Gasteiger partial charge in [-0.3, -0.25) is 4.57 Å². The Hall–Kier alpha value is -3.07. The van der Waals surface area contributed by atoms with Crippen LogP contribution in [0.1, 0.15) is 12.0 Å². The molecule has 144 valence electrons. The number of hydrogen-bond acceptors (Lipinski definition) is 6. The van der Waals surface area contributed by atoms with Crippen molar-refractivity contribution in [1.82, 2.24) is 29.8 Å². The monoisotopic (exact) mass is 396 g/mol. The lowest BCUT2D eigenvalue weighted by Crippen LogP contribution is -2.17. The molecule has 0 spiro atoms. The van der Waals surface area contributed by atoms with E-state index in [1.54, 1.807) is 28.1 Å². The average molecular weight is 396 g/mol. The number of para-hydroxylation sites is 2. The maximum absolute atomic E-state index is 12.2. The number of ether oxygens (including phenoxy) is 1.